The molecule has 1 amide bonds. The fourth-order valence-corrected chi connectivity index (χ4v) is 5.26. The molecule has 0 unspecified atom stereocenters. The Morgan fingerprint density at radius 2 is 1.96 bits per heavy atom. The highest BCUT2D eigenvalue weighted by molar-refractivity contribution is 8.15. The Kier molecular flexibility index (Phi) is 5.61. The number of rotatable bonds is 2. The van der Waals surface area contributed by atoms with E-state index in [-0.39, 0.29) is 23.5 Å². The number of nitrogens with one attached hydrogen (secondary N) is 1. The van der Waals surface area contributed by atoms with E-state index in [0.29, 0.717) is 36.5 Å². The molecule has 7 nitrogen and oxygen atoms in total. The summed E-state index contributed by atoms with van der Waals surface area (Å²) in [5, 5.41) is 25.0. The van der Waals surface area contributed by atoms with E-state index in [0.717, 1.165) is 5.69 Å². The fraction of sp³-hybridized carbons (Fsp3) is 0.556. The van der Waals surface area contributed by atoms with E-state index in [2.05, 4.69) is 10.3 Å². The summed E-state index contributed by atoms with van der Waals surface area (Å²) in [6.07, 6.45) is -1.68. The third kappa shape index (κ3) is 3.95. The van der Waals surface area contributed by atoms with Gasteiger partial charge in [0.15, 0.2) is 5.17 Å². The second kappa shape index (κ2) is 7.97. The molecular formula is C18H22ClN3O4S. The Balaban J connectivity index is 1.50. The lowest BCUT2D eigenvalue weighted by Crippen LogP contribution is -2.55. The normalized spacial score (nSPS) is 33.4. The topological polar surface area (TPSA) is 94.4 Å². The van der Waals surface area contributed by atoms with Crippen molar-refractivity contribution in [1.82, 2.24) is 4.90 Å². The number of fused-ring (bicyclic) bond motifs is 1. The summed E-state index contributed by atoms with van der Waals surface area (Å²) < 4.78 is 5.32. The maximum Gasteiger partial charge on any atom is 0.227 e. The zero-order valence-electron chi connectivity index (χ0n) is 14.6. The monoisotopic (exact) mass is 411 g/mol. The van der Waals surface area contributed by atoms with Crippen LogP contribution in [-0.2, 0) is 9.53 Å². The van der Waals surface area contributed by atoms with Gasteiger partial charge in [0.1, 0.15) is 6.10 Å². The highest BCUT2D eigenvalue weighted by Gasteiger charge is 2.51. The van der Waals surface area contributed by atoms with E-state index in [9.17, 15) is 15.0 Å². The number of aliphatic imine (C=N–C) groups is 1. The molecule has 1 saturated heterocycles. The molecule has 1 aromatic carbocycles. The van der Waals surface area contributed by atoms with Gasteiger partial charge >= 0.3 is 0 Å². The third-order valence-corrected chi connectivity index (χ3v) is 6.78. The largest absolute Gasteiger partial charge is 0.390 e. The van der Waals surface area contributed by atoms with Gasteiger partial charge in [-0.15, -0.1) is 0 Å². The average molecular weight is 412 g/mol. The molecule has 0 radical (unpaired) electrons. The zero-order valence-corrected chi connectivity index (χ0v) is 16.2. The molecule has 27 heavy (non-hydrogen) atoms. The lowest BCUT2D eigenvalue weighted by atomic mass is 9.80. The third-order valence-electron chi connectivity index (χ3n) is 5.22. The van der Waals surface area contributed by atoms with Crippen LogP contribution in [0.2, 0.25) is 5.02 Å². The smallest absolute Gasteiger partial charge is 0.227 e. The van der Waals surface area contributed by atoms with Crippen molar-refractivity contribution in [3.8, 4) is 0 Å². The number of amidine groups is 1. The molecule has 0 aromatic heterocycles. The van der Waals surface area contributed by atoms with Crippen LogP contribution in [0.1, 0.15) is 6.42 Å². The number of ether oxygens (including phenoxy) is 1. The van der Waals surface area contributed by atoms with Gasteiger partial charge in [-0.2, -0.15) is 0 Å². The van der Waals surface area contributed by atoms with Crippen molar-refractivity contribution in [2.24, 2.45) is 10.9 Å². The van der Waals surface area contributed by atoms with Crippen LogP contribution in [0.5, 0.6) is 0 Å². The van der Waals surface area contributed by atoms with E-state index in [1.165, 1.54) is 11.8 Å². The van der Waals surface area contributed by atoms with Gasteiger partial charge in [0.05, 0.1) is 31.3 Å². The maximum atomic E-state index is 13.0. The summed E-state index contributed by atoms with van der Waals surface area (Å²) in [6.45, 7) is 2.19. The zero-order chi connectivity index (χ0) is 19.0. The summed E-state index contributed by atoms with van der Waals surface area (Å²) in [7, 11) is 0. The number of halogens is 1. The highest BCUT2D eigenvalue weighted by Crippen LogP contribution is 2.42. The van der Waals surface area contributed by atoms with E-state index >= 15 is 0 Å². The number of morpholine rings is 1. The first-order valence-electron chi connectivity index (χ1n) is 9.02. The molecule has 1 saturated carbocycles. The molecule has 4 rings (SSSR count). The number of benzene rings is 1. The van der Waals surface area contributed by atoms with E-state index in [1.807, 2.05) is 12.1 Å². The van der Waals surface area contributed by atoms with Gasteiger partial charge in [0.2, 0.25) is 5.91 Å². The van der Waals surface area contributed by atoms with Gasteiger partial charge in [-0.25, -0.2) is 0 Å². The number of anilines is 1. The molecule has 2 aliphatic heterocycles. The van der Waals surface area contributed by atoms with Gasteiger partial charge in [-0.05, 0) is 30.7 Å². The number of nitrogens with zero attached hydrogens (tertiary/aromatic N) is 2. The first-order chi connectivity index (χ1) is 13.0. The van der Waals surface area contributed by atoms with Gasteiger partial charge in [-0.1, -0.05) is 23.4 Å². The number of carbonyl (C=O) groups is 1. The average Bonchev–Trinajstić information content (AvgIpc) is 3.10. The van der Waals surface area contributed by atoms with E-state index in [1.54, 1.807) is 17.0 Å². The Bertz CT molecular complexity index is 726. The maximum absolute atomic E-state index is 13.0. The minimum atomic E-state index is -0.972. The fourth-order valence-electron chi connectivity index (χ4n) is 3.77. The molecule has 0 spiro atoms. The molecule has 2 fully saturated rings. The molecular weight excluding hydrogens is 390 g/mol. The molecule has 2 heterocycles. The van der Waals surface area contributed by atoms with Crippen LogP contribution in [0.15, 0.2) is 29.3 Å². The Hall–Kier alpha value is -1.32. The van der Waals surface area contributed by atoms with Gasteiger partial charge in [-0.3, -0.25) is 9.79 Å². The first kappa shape index (κ1) is 19.0. The number of carbonyl (C=O) groups excluding carboxylic acids is 1. The van der Waals surface area contributed by atoms with Crippen LogP contribution < -0.4 is 5.32 Å². The van der Waals surface area contributed by atoms with E-state index < -0.39 is 18.2 Å². The molecule has 3 N–H and O–H groups in total. The van der Waals surface area contributed by atoms with E-state index in [4.69, 9.17) is 16.3 Å². The lowest BCUT2D eigenvalue weighted by molar-refractivity contribution is -0.144. The summed E-state index contributed by atoms with van der Waals surface area (Å²) >= 11 is 7.37. The number of hydrogen-bond acceptors (Lipinski definition) is 7. The minimum absolute atomic E-state index is 0.00897. The Morgan fingerprint density at radius 1 is 1.26 bits per heavy atom. The standard InChI is InChI=1S/C18H22ClN3O4S/c19-10-1-3-11(4-2-10)20-18-21-14-15(24)13(23)9-12(16(14)27-18)17(25)22-5-7-26-8-6-22/h1-4,12-16,23-24H,5-9H2,(H,20,21)/t12-,13+,14-,15-,16+/m0/s1. The lowest BCUT2D eigenvalue weighted by Gasteiger charge is -2.40. The van der Waals surface area contributed by atoms with Crippen LogP contribution in [0.3, 0.4) is 0 Å². The van der Waals surface area contributed by atoms with Crippen molar-refractivity contribution in [3.63, 3.8) is 0 Å². The van der Waals surface area contributed by atoms with Crippen molar-refractivity contribution >= 4 is 40.1 Å². The van der Waals surface area contributed by atoms with Crippen LogP contribution in [-0.4, -0.2) is 76.0 Å². The molecule has 1 aliphatic carbocycles. The Morgan fingerprint density at radius 3 is 2.67 bits per heavy atom. The second-order valence-electron chi connectivity index (χ2n) is 6.98. The molecule has 5 atom stereocenters. The van der Waals surface area contributed by atoms with Gasteiger partial charge in [0, 0.05) is 29.0 Å². The summed E-state index contributed by atoms with van der Waals surface area (Å²) in [6, 6.07) is 6.73. The summed E-state index contributed by atoms with van der Waals surface area (Å²) in [5.41, 5.74) is 0.829. The number of aliphatic hydroxyl groups excluding tert-OH is 2. The minimum Gasteiger partial charge on any atom is -0.390 e. The predicted octanol–water partition coefficient (Wildman–Crippen LogP) is 1.19. The molecule has 146 valence electrons. The predicted molar refractivity (Wildman–Crippen MR) is 105 cm³/mol. The number of amides is 1. The van der Waals surface area contributed by atoms with Crippen molar-refractivity contribution in [2.45, 2.75) is 29.9 Å². The quantitative estimate of drug-likeness (QED) is 0.676. The van der Waals surface area contributed by atoms with Crippen LogP contribution in [0, 0.1) is 5.92 Å². The molecule has 9 heteroatoms. The first-order valence-corrected chi connectivity index (χ1v) is 10.3. The van der Waals surface area contributed by atoms with Crippen molar-refractivity contribution in [1.29, 1.82) is 0 Å². The van der Waals surface area contributed by atoms with Gasteiger partial charge in [0.25, 0.3) is 0 Å². The Labute approximate surface area is 166 Å². The summed E-state index contributed by atoms with van der Waals surface area (Å²) in [4.78, 5) is 19.4. The van der Waals surface area contributed by atoms with Crippen LogP contribution in [0.4, 0.5) is 5.69 Å². The highest BCUT2D eigenvalue weighted by atomic mass is 35.5. The van der Waals surface area contributed by atoms with Crippen LogP contribution in [0.25, 0.3) is 0 Å². The number of aliphatic hydroxyl groups is 2. The SMILES string of the molecule is O=C([C@H]1C[C@@H](O)[C@H](O)[C@@H]2N=C(Nc3ccc(Cl)cc3)S[C@@H]21)N1CCOCC1. The van der Waals surface area contributed by atoms with Crippen molar-refractivity contribution < 1.29 is 19.7 Å². The molecule has 0 bridgehead atoms. The summed E-state index contributed by atoms with van der Waals surface area (Å²) in [5.74, 6) is -0.375. The number of hydrogen-bond donors (Lipinski definition) is 3. The molecule has 3 aliphatic rings. The van der Waals surface area contributed by atoms with Crippen molar-refractivity contribution in [2.75, 3.05) is 31.6 Å². The van der Waals surface area contributed by atoms with Gasteiger partial charge < -0.3 is 25.2 Å². The van der Waals surface area contributed by atoms with Crippen molar-refractivity contribution in [3.05, 3.63) is 29.3 Å². The van der Waals surface area contributed by atoms with Crippen LogP contribution >= 0.6 is 23.4 Å². The number of thioether (sulfide) groups is 1. The second-order valence-corrected chi connectivity index (χ2v) is 8.58. The molecule has 1 aromatic rings.